The maximum atomic E-state index is 13.5. The third kappa shape index (κ3) is 4.53. The van der Waals surface area contributed by atoms with Crippen molar-refractivity contribution in [2.45, 2.75) is 6.04 Å². The molecule has 1 fully saturated rings. The van der Waals surface area contributed by atoms with Crippen molar-refractivity contribution in [2.75, 3.05) is 19.6 Å². The fourth-order valence-electron chi connectivity index (χ4n) is 4.32. The van der Waals surface area contributed by atoms with Gasteiger partial charge in [-0.05, 0) is 54.1 Å². The summed E-state index contributed by atoms with van der Waals surface area (Å²) in [7, 11) is 0. The number of nitrogens with zero attached hydrogens (tertiary/aromatic N) is 5. The maximum absolute atomic E-state index is 13.5. The fraction of sp³-hybridized carbons (Fsp3) is 0.154. The molecule has 9 heteroatoms. The van der Waals surface area contributed by atoms with Gasteiger partial charge in [-0.1, -0.05) is 39.7 Å². The quantitative estimate of drug-likeness (QED) is 0.362. The summed E-state index contributed by atoms with van der Waals surface area (Å²) in [5, 5.41) is 14.0. The third-order valence-corrected chi connectivity index (χ3v) is 6.93. The van der Waals surface area contributed by atoms with Gasteiger partial charge in [-0.3, -0.25) is 9.59 Å². The van der Waals surface area contributed by atoms with Crippen molar-refractivity contribution in [2.24, 2.45) is 0 Å². The van der Waals surface area contributed by atoms with Crippen molar-refractivity contribution >= 4 is 44.9 Å². The van der Waals surface area contributed by atoms with Crippen LogP contribution in [-0.4, -0.2) is 50.9 Å². The van der Waals surface area contributed by atoms with E-state index in [1.807, 2.05) is 29.2 Å². The van der Waals surface area contributed by atoms with E-state index in [4.69, 9.17) is 16.9 Å². The summed E-state index contributed by atoms with van der Waals surface area (Å²) >= 11 is 9.51. The average molecular weight is 549 g/mol. The molecule has 2 aromatic heterocycles. The first-order valence-corrected chi connectivity index (χ1v) is 12.1. The van der Waals surface area contributed by atoms with Gasteiger partial charge in [0.2, 0.25) is 0 Å². The summed E-state index contributed by atoms with van der Waals surface area (Å²) in [5.41, 5.74) is 3.03. The molecule has 0 spiro atoms. The molecule has 5 rings (SSSR count). The van der Waals surface area contributed by atoms with Gasteiger partial charge in [-0.25, -0.2) is 4.52 Å². The lowest BCUT2D eigenvalue weighted by Crippen LogP contribution is -2.52. The van der Waals surface area contributed by atoms with Crippen LogP contribution in [0, 0.1) is 11.3 Å². The highest BCUT2D eigenvalue weighted by Crippen LogP contribution is 2.30. The SMILES string of the molecule is N#Cc1ccc2c(C(=O)N3CCN(C(=O)c4ccc(Br)cc4)C(c4ccc(Cl)cc4)C3)cnn2c1. The van der Waals surface area contributed by atoms with E-state index in [0.29, 0.717) is 46.9 Å². The minimum Gasteiger partial charge on any atom is -0.334 e. The molecule has 2 amide bonds. The second kappa shape index (κ2) is 9.53. The Hall–Kier alpha value is -3.67. The molecule has 3 heterocycles. The standard InChI is InChI=1S/C26H19BrClN5O2/c27-20-6-2-19(3-7-20)25(34)32-12-11-31(16-24(32)18-4-8-21(28)9-5-18)26(35)22-14-30-33-15-17(13-29)1-10-23(22)33/h1-10,14-15,24H,11-12,16H2. The molecule has 4 aromatic rings. The number of benzene rings is 2. The molecule has 0 bridgehead atoms. The maximum Gasteiger partial charge on any atom is 0.257 e. The van der Waals surface area contributed by atoms with E-state index in [0.717, 1.165) is 10.0 Å². The lowest BCUT2D eigenvalue weighted by atomic mass is 10.00. The van der Waals surface area contributed by atoms with Crippen molar-refractivity contribution in [3.63, 3.8) is 0 Å². The van der Waals surface area contributed by atoms with Gasteiger partial charge >= 0.3 is 0 Å². The summed E-state index contributed by atoms with van der Waals surface area (Å²) in [6, 6.07) is 19.7. The van der Waals surface area contributed by atoms with Crippen LogP contribution in [0.2, 0.25) is 5.02 Å². The Morgan fingerprint density at radius 1 is 1.00 bits per heavy atom. The molecule has 0 aliphatic carbocycles. The number of hydrogen-bond donors (Lipinski definition) is 0. The number of carbonyl (C=O) groups is 2. The molecule has 1 saturated heterocycles. The largest absolute Gasteiger partial charge is 0.334 e. The van der Waals surface area contributed by atoms with Gasteiger partial charge in [-0.2, -0.15) is 10.4 Å². The van der Waals surface area contributed by atoms with Gasteiger partial charge in [0.15, 0.2) is 0 Å². The first kappa shape index (κ1) is 23.1. The second-order valence-electron chi connectivity index (χ2n) is 8.24. The van der Waals surface area contributed by atoms with Gasteiger partial charge in [0.1, 0.15) is 6.07 Å². The van der Waals surface area contributed by atoms with Crippen LogP contribution in [-0.2, 0) is 0 Å². The number of carbonyl (C=O) groups excluding carboxylic acids is 2. The topological polar surface area (TPSA) is 81.7 Å². The Morgan fingerprint density at radius 2 is 1.74 bits per heavy atom. The Kier molecular flexibility index (Phi) is 6.29. The Labute approximate surface area is 215 Å². The average Bonchev–Trinajstić information content (AvgIpc) is 3.31. The first-order chi connectivity index (χ1) is 16.9. The molecule has 0 radical (unpaired) electrons. The van der Waals surface area contributed by atoms with Gasteiger partial charge in [-0.15, -0.1) is 0 Å². The van der Waals surface area contributed by atoms with E-state index < -0.39 is 0 Å². The van der Waals surface area contributed by atoms with Crippen molar-refractivity contribution in [1.82, 2.24) is 19.4 Å². The first-order valence-electron chi connectivity index (χ1n) is 10.9. The van der Waals surface area contributed by atoms with Gasteiger partial charge in [0, 0.05) is 40.9 Å². The zero-order valence-corrected chi connectivity index (χ0v) is 20.8. The van der Waals surface area contributed by atoms with Crippen LogP contribution in [0.4, 0.5) is 0 Å². The summed E-state index contributed by atoms with van der Waals surface area (Å²) in [6.07, 6.45) is 3.12. The highest BCUT2D eigenvalue weighted by atomic mass is 79.9. The van der Waals surface area contributed by atoms with E-state index in [1.165, 1.54) is 10.7 Å². The smallest absolute Gasteiger partial charge is 0.257 e. The number of pyridine rings is 1. The van der Waals surface area contributed by atoms with Crippen LogP contribution in [0.1, 0.15) is 37.9 Å². The molecule has 0 N–H and O–H groups in total. The van der Waals surface area contributed by atoms with E-state index in [-0.39, 0.29) is 17.9 Å². The Morgan fingerprint density at radius 3 is 2.46 bits per heavy atom. The molecule has 0 saturated carbocycles. The number of hydrogen-bond acceptors (Lipinski definition) is 4. The van der Waals surface area contributed by atoms with Crippen LogP contribution in [0.3, 0.4) is 0 Å². The third-order valence-electron chi connectivity index (χ3n) is 6.15. The Balaban J connectivity index is 1.46. The van der Waals surface area contributed by atoms with Crippen LogP contribution in [0.25, 0.3) is 5.52 Å². The molecule has 1 aliphatic heterocycles. The summed E-state index contributed by atoms with van der Waals surface area (Å²) in [6.45, 7) is 1.10. The summed E-state index contributed by atoms with van der Waals surface area (Å²) in [4.78, 5) is 30.5. The number of piperazine rings is 1. The zero-order valence-electron chi connectivity index (χ0n) is 18.4. The molecule has 1 unspecified atom stereocenters. The second-order valence-corrected chi connectivity index (χ2v) is 9.59. The van der Waals surface area contributed by atoms with E-state index >= 15 is 0 Å². The highest BCUT2D eigenvalue weighted by Gasteiger charge is 2.35. The van der Waals surface area contributed by atoms with Gasteiger partial charge < -0.3 is 9.80 Å². The monoisotopic (exact) mass is 547 g/mol. The fourth-order valence-corrected chi connectivity index (χ4v) is 4.71. The molecule has 7 nitrogen and oxygen atoms in total. The van der Waals surface area contributed by atoms with E-state index in [9.17, 15) is 9.59 Å². The lowest BCUT2D eigenvalue weighted by molar-refractivity contribution is 0.0384. The molecule has 2 aromatic carbocycles. The van der Waals surface area contributed by atoms with Crippen LogP contribution in [0.15, 0.2) is 77.5 Å². The molecule has 1 aliphatic rings. The number of rotatable bonds is 3. The lowest BCUT2D eigenvalue weighted by Gasteiger charge is -2.41. The van der Waals surface area contributed by atoms with E-state index in [1.54, 1.807) is 47.5 Å². The predicted molar refractivity (Wildman–Crippen MR) is 135 cm³/mol. The van der Waals surface area contributed by atoms with Crippen LogP contribution in [0.5, 0.6) is 0 Å². The van der Waals surface area contributed by atoms with Crippen LogP contribution >= 0.6 is 27.5 Å². The highest BCUT2D eigenvalue weighted by molar-refractivity contribution is 9.10. The van der Waals surface area contributed by atoms with Gasteiger partial charge in [0.05, 0.1) is 28.9 Å². The summed E-state index contributed by atoms with van der Waals surface area (Å²) < 4.78 is 2.43. The van der Waals surface area contributed by atoms with Crippen molar-refractivity contribution in [3.8, 4) is 6.07 Å². The number of amides is 2. The van der Waals surface area contributed by atoms with Crippen molar-refractivity contribution in [1.29, 1.82) is 5.26 Å². The molecule has 174 valence electrons. The molecular weight excluding hydrogens is 530 g/mol. The minimum absolute atomic E-state index is 0.0930. The minimum atomic E-state index is -0.340. The Bertz CT molecular complexity index is 1460. The van der Waals surface area contributed by atoms with E-state index in [2.05, 4.69) is 27.1 Å². The number of fused-ring (bicyclic) bond motifs is 1. The molecular formula is C26H19BrClN5O2. The van der Waals surface area contributed by atoms with Crippen molar-refractivity contribution < 1.29 is 9.59 Å². The normalized spacial score (nSPS) is 15.7. The van der Waals surface area contributed by atoms with Crippen LogP contribution < -0.4 is 0 Å². The number of nitriles is 1. The number of aromatic nitrogens is 2. The van der Waals surface area contributed by atoms with Crippen molar-refractivity contribution in [3.05, 3.63) is 105 Å². The number of halogens is 2. The molecule has 1 atom stereocenters. The van der Waals surface area contributed by atoms with Gasteiger partial charge in [0.25, 0.3) is 11.8 Å². The predicted octanol–water partition coefficient (Wildman–Crippen LogP) is 4.96. The summed E-state index contributed by atoms with van der Waals surface area (Å²) in [5.74, 6) is -0.260. The zero-order chi connectivity index (χ0) is 24.5. The molecule has 35 heavy (non-hydrogen) atoms.